The number of nitrogens with zero attached hydrogens (tertiary/aromatic N) is 2. The summed E-state index contributed by atoms with van der Waals surface area (Å²) in [7, 11) is 0. The van der Waals surface area contributed by atoms with Gasteiger partial charge >= 0.3 is 11.9 Å². The standard InChI is InChI=1S/C24H33N3O4/c1-6-30-23(28)21-18(5)22(24(29)31-7-2)25-19(21)15-26-11-13-27(14-12-26)20-10-8-9-16(3)17(20)4/h8-10,25H,6-7,11-15H2,1-5H3. The zero-order chi connectivity index (χ0) is 22.5. The second kappa shape index (κ2) is 10.0. The summed E-state index contributed by atoms with van der Waals surface area (Å²) in [5, 5.41) is 0. The average Bonchev–Trinajstić information content (AvgIpc) is 3.07. The Kier molecular flexibility index (Phi) is 7.38. The van der Waals surface area contributed by atoms with E-state index in [0.29, 0.717) is 29.1 Å². The minimum absolute atomic E-state index is 0.279. The van der Waals surface area contributed by atoms with E-state index < -0.39 is 11.9 Å². The lowest BCUT2D eigenvalue weighted by molar-refractivity contribution is 0.0517. The summed E-state index contributed by atoms with van der Waals surface area (Å²) >= 11 is 0. The Morgan fingerprint density at radius 2 is 1.58 bits per heavy atom. The highest BCUT2D eigenvalue weighted by Crippen LogP contribution is 2.26. The maximum atomic E-state index is 12.6. The van der Waals surface area contributed by atoms with Gasteiger partial charge in [-0.15, -0.1) is 0 Å². The van der Waals surface area contributed by atoms with Crippen molar-refractivity contribution in [1.82, 2.24) is 9.88 Å². The number of ether oxygens (including phenoxy) is 2. The van der Waals surface area contributed by atoms with E-state index in [4.69, 9.17) is 9.47 Å². The maximum absolute atomic E-state index is 12.6. The molecule has 31 heavy (non-hydrogen) atoms. The van der Waals surface area contributed by atoms with E-state index in [9.17, 15) is 9.59 Å². The molecule has 1 aromatic carbocycles. The van der Waals surface area contributed by atoms with Crippen molar-refractivity contribution < 1.29 is 19.1 Å². The van der Waals surface area contributed by atoms with Crippen molar-refractivity contribution in [3.8, 4) is 0 Å². The molecular formula is C24H33N3O4. The number of carbonyl (C=O) groups is 2. The first-order chi connectivity index (χ1) is 14.9. The van der Waals surface area contributed by atoms with Gasteiger partial charge in [-0.25, -0.2) is 9.59 Å². The monoisotopic (exact) mass is 427 g/mol. The molecule has 1 aromatic heterocycles. The SMILES string of the molecule is CCOC(=O)c1[nH]c(CN2CCN(c3cccc(C)c3C)CC2)c(C(=O)OCC)c1C. The van der Waals surface area contributed by atoms with Crippen LogP contribution in [0, 0.1) is 20.8 Å². The molecule has 7 nitrogen and oxygen atoms in total. The number of H-pyrrole nitrogens is 1. The van der Waals surface area contributed by atoms with Crippen molar-refractivity contribution in [1.29, 1.82) is 0 Å². The second-order valence-corrected chi connectivity index (χ2v) is 7.90. The van der Waals surface area contributed by atoms with Crippen LogP contribution in [0.15, 0.2) is 18.2 Å². The normalized spacial score (nSPS) is 14.5. The Bertz CT molecular complexity index is 943. The molecule has 0 aliphatic carbocycles. The molecule has 2 aromatic rings. The van der Waals surface area contributed by atoms with Crippen LogP contribution in [0.3, 0.4) is 0 Å². The van der Waals surface area contributed by atoms with Gasteiger partial charge in [0, 0.05) is 44.1 Å². The zero-order valence-corrected chi connectivity index (χ0v) is 19.2. The molecule has 1 fully saturated rings. The maximum Gasteiger partial charge on any atom is 0.355 e. The van der Waals surface area contributed by atoms with Gasteiger partial charge in [-0.1, -0.05) is 12.1 Å². The lowest BCUT2D eigenvalue weighted by atomic mass is 10.1. The summed E-state index contributed by atoms with van der Waals surface area (Å²) in [4.78, 5) is 32.8. The first-order valence-corrected chi connectivity index (χ1v) is 11.0. The highest BCUT2D eigenvalue weighted by Gasteiger charge is 2.27. The molecule has 0 saturated carbocycles. The predicted molar refractivity (Wildman–Crippen MR) is 121 cm³/mol. The van der Waals surface area contributed by atoms with E-state index in [1.165, 1.54) is 16.8 Å². The number of hydrogen-bond donors (Lipinski definition) is 1. The molecule has 0 amide bonds. The van der Waals surface area contributed by atoms with Crippen LogP contribution in [0.2, 0.25) is 0 Å². The molecule has 3 rings (SSSR count). The summed E-state index contributed by atoms with van der Waals surface area (Å²) in [5.41, 5.74) is 5.97. The van der Waals surface area contributed by atoms with Crippen LogP contribution < -0.4 is 4.90 Å². The quantitative estimate of drug-likeness (QED) is 0.681. The molecule has 168 valence electrons. The fourth-order valence-electron chi connectivity index (χ4n) is 4.11. The Morgan fingerprint density at radius 1 is 0.935 bits per heavy atom. The minimum Gasteiger partial charge on any atom is -0.462 e. The third-order valence-electron chi connectivity index (χ3n) is 5.96. The Hall–Kier alpha value is -2.80. The second-order valence-electron chi connectivity index (χ2n) is 7.90. The van der Waals surface area contributed by atoms with Crippen LogP contribution >= 0.6 is 0 Å². The number of carbonyl (C=O) groups excluding carboxylic acids is 2. The summed E-state index contributed by atoms with van der Waals surface area (Å²) in [6, 6.07) is 6.42. The first kappa shape index (κ1) is 22.9. The molecule has 0 radical (unpaired) electrons. The number of anilines is 1. The van der Waals surface area contributed by atoms with Gasteiger partial charge in [0.15, 0.2) is 0 Å². The van der Waals surface area contributed by atoms with E-state index in [-0.39, 0.29) is 13.2 Å². The number of benzene rings is 1. The van der Waals surface area contributed by atoms with Gasteiger partial charge in [-0.3, -0.25) is 4.90 Å². The molecule has 1 aliphatic heterocycles. The van der Waals surface area contributed by atoms with E-state index in [0.717, 1.165) is 26.2 Å². The number of rotatable bonds is 7. The number of aryl methyl sites for hydroxylation is 1. The van der Waals surface area contributed by atoms with E-state index in [1.54, 1.807) is 20.8 Å². The molecule has 1 aliphatic rings. The molecule has 0 unspecified atom stereocenters. The van der Waals surface area contributed by atoms with Crippen molar-refractivity contribution in [2.45, 2.75) is 41.2 Å². The highest BCUT2D eigenvalue weighted by molar-refractivity contribution is 5.98. The molecule has 7 heteroatoms. The van der Waals surface area contributed by atoms with Gasteiger partial charge in [0.1, 0.15) is 5.69 Å². The number of piperazine rings is 1. The third-order valence-corrected chi connectivity index (χ3v) is 5.96. The van der Waals surface area contributed by atoms with Gasteiger partial charge in [0.05, 0.1) is 18.8 Å². The summed E-state index contributed by atoms with van der Waals surface area (Å²) in [6.07, 6.45) is 0. The third kappa shape index (κ3) is 4.93. The molecule has 0 atom stereocenters. The van der Waals surface area contributed by atoms with Crippen LogP contribution in [0.4, 0.5) is 5.69 Å². The Morgan fingerprint density at radius 3 is 2.23 bits per heavy atom. The molecule has 1 saturated heterocycles. The number of aromatic nitrogens is 1. The number of hydrogen-bond acceptors (Lipinski definition) is 6. The van der Waals surface area contributed by atoms with E-state index >= 15 is 0 Å². The molecule has 0 bridgehead atoms. The van der Waals surface area contributed by atoms with Gasteiger partial charge < -0.3 is 19.4 Å². The van der Waals surface area contributed by atoms with E-state index in [1.807, 2.05) is 0 Å². The van der Waals surface area contributed by atoms with Crippen molar-refractivity contribution >= 4 is 17.6 Å². The van der Waals surface area contributed by atoms with Crippen molar-refractivity contribution in [2.24, 2.45) is 0 Å². The van der Waals surface area contributed by atoms with Crippen LogP contribution in [-0.4, -0.2) is 61.2 Å². The lowest BCUT2D eigenvalue weighted by Gasteiger charge is -2.37. The minimum atomic E-state index is -0.448. The van der Waals surface area contributed by atoms with Gasteiger partial charge in [-0.2, -0.15) is 0 Å². The van der Waals surface area contributed by atoms with Crippen LogP contribution in [0.25, 0.3) is 0 Å². The van der Waals surface area contributed by atoms with Crippen LogP contribution in [0.5, 0.6) is 0 Å². The summed E-state index contributed by atoms with van der Waals surface area (Å²) in [6.45, 7) is 14.3. The fourth-order valence-corrected chi connectivity index (χ4v) is 4.11. The van der Waals surface area contributed by atoms with Gasteiger partial charge in [-0.05, 0) is 57.4 Å². The van der Waals surface area contributed by atoms with Crippen molar-refractivity contribution in [2.75, 3.05) is 44.3 Å². The molecular weight excluding hydrogens is 394 g/mol. The predicted octanol–water partition coefficient (Wildman–Crippen LogP) is 3.62. The van der Waals surface area contributed by atoms with Gasteiger partial charge in [0.2, 0.25) is 0 Å². The summed E-state index contributed by atoms with van der Waals surface area (Å²) < 4.78 is 10.4. The lowest BCUT2D eigenvalue weighted by Crippen LogP contribution is -2.46. The van der Waals surface area contributed by atoms with Crippen LogP contribution in [-0.2, 0) is 16.0 Å². The largest absolute Gasteiger partial charge is 0.462 e. The zero-order valence-electron chi connectivity index (χ0n) is 19.2. The number of esters is 2. The Labute approximate surface area is 184 Å². The first-order valence-electron chi connectivity index (χ1n) is 11.0. The topological polar surface area (TPSA) is 74.9 Å². The highest BCUT2D eigenvalue weighted by atomic mass is 16.5. The molecule has 0 spiro atoms. The average molecular weight is 428 g/mol. The van der Waals surface area contributed by atoms with E-state index in [2.05, 4.69) is 46.8 Å². The van der Waals surface area contributed by atoms with Crippen molar-refractivity contribution in [3.63, 3.8) is 0 Å². The smallest absolute Gasteiger partial charge is 0.355 e. The number of nitrogens with one attached hydrogen (secondary N) is 1. The number of aromatic amines is 1. The van der Waals surface area contributed by atoms with Crippen molar-refractivity contribution in [3.05, 3.63) is 51.8 Å². The molecule has 1 N–H and O–H groups in total. The fraction of sp³-hybridized carbons (Fsp3) is 0.500. The summed E-state index contributed by atoms with van der Waals surface area (Å²) in [5.74, 6) is -0.854. The van der Waals surface area contributed by atoms with Crippen LogP contribution in [0.1, 0.15) is 57.1 Å². The van der Waals surface area contributed by atoms with Gasteiger partial charge in [0.25, 0.3) is 0 Å². The Balaban J connectivity index is 1.76. The molecule has 2 heterocycles.